The van der Waals surface area contributed by atoms with E-state index in [1.165, 1.54) is 11.3 Å². The summed E-state index contributed by atoms with van der Waals surface area (Å²) >= 11 is 1.45. The number of amides is 1. The minimum absolute atomic E-state index is 0.0147. The molecule has 4 rings (SSSR count). The molecule has 166 valence electrons. The van der Waals surface area contributed by atoms with Crippen molar-refractivity contribution in [3.63, 3.8) is 0 Å². The fourth-order valence-corrected chi connectivity index (χ4v) is 4.52. The lowest BCUT2D eigenvalue weighted by atomic mass is 10.1. The number of Topliss-reactive ketones (excluding diaryl/α,β-unsaturated/α-hetero) is 1. The summed E-state index contributed by atoms with van der Waals surface area (Å²) in [5.74, 6) is 0.661. The van der Waals surface area contributed by atoms with E-state index in [0.717, 1.165) is 48.7 Å². The highest BCUT2D eigenvalue weighted by Gasteiger charge is 2.26. The number of hydrogen-bond donors (Lipinski definition) is 1. The number of likely N-dealkylation sites (tertiary alicyclic amines) is 1. The monoisotopic (exact) mass is 450 g/mol. The van der Waals surface area contributed by atoms with Gasteiger partial charge in [0.25, 0.3) is 5.91 Å². The zero-order chi connectivity index (χ0) is 22.3. The topological polar surface area (TPSA) is 84.4 Å². The zero-order valence-corrected chi connectivity index (χ0v) is 18.8. The van der Waals surface area contributed by atoms with E-state index in [2.05, 4.69) is 20.2 Å². The van der Waals surface area contributed by atoms with Crippen molar-refractivity contribution >= 4 is 23.0 Å². The highest BCUT2D eigenvalue weighted by atomic mass is 32.1. The molecule has 0 aliphatic carbocycles. The van der Waals surface area contributed by atoms with Crippen molar-refractivity contribution in [3.8, 4) is 16.3 Å². The van der Waals surface area contributed by atoms with E-state index in [0.29, 0.717) is 17.9 Å². The van der Waals surface area contributed by atoms with Crippen molar-refractivity contribution in [3.05, 3.63) is 65.4 Å². The maximum absolute atomic E-state index is 12.7. The Morgan fingerprint density at radius 1 is 1.25 bits per heavy atom. The predicted octanol–water partition coefficient (Wildman–Crippen LogP) is 4.03. The number of nitrogens with one attached hydrogen (secondary N) is 1. The third-order valence-corrected chi connectivity index (χ3v) is 6.32. The number of ether oxygens (including phenoxy) is 1. The fraction of sp³-hybridized carbons (Fsp3) is 0.333. The summed E-state index contributed by atoms with van der Waals surface area (Å²) in [6.07, 6.45) is 6.31. The number of pyridine rings is 1. The molecule has 1 aliphatic heterocycles. The molecule has 1 amide bonds. The Hall–Kier alpha value is -3.10. The normalized spacial score (nSPS) is 16.1. The van der Waals surface area contributed by atoms with E-state index >= 15 is 0 Å². The summed E-state index contributed by atoms with van der Waals surface area (Å²) in [6.45, 7) is 3.93. The van der Waals surface area contributed by atoms with E-state index in [1.807, 2.05) is 24.3 Å². The first-order chi connectivity index (χ1) is 15.6. The van der Waals surface area contributed by atoms with E-state index < -0.39 is 0 Å². The van der Waals surface area contributed by atoms with Crippen LogP contribution in [0.15, 0.2) is 54.2 Å². The van der Waals surface area contributed by atoms with Gasteiger partial charge in [0.1, 0.15) is 16.5 Å². The van der Waals surface area contributed by atoms with Gasteiger partial charge in [0.15, 0.2) is 5.78 Å². The SMILES string of the molecule is CC(=O)c1ccc(OCCCN2CCCC2NC(=O)c2csc(-c3cccnc3)n2)cc1. The first-order valence-corrected chi connectivity index (χ1v) is 11.6. The molecule has 2 aromatic heterocycles. The van der Waals surface area contributed by atoms with Gasteiger partial charge in [-0.25, -0.2) is 4.98 Å². The molecule has 1 saturated heterocycles. The average molecular weight is 451 g/mol. The number of benzene rings is 1. The zero-order valence-electron chi connectivity index (χ0n) is 18.0. The van der Waals surface area contributed by atoms with Crippen LogP contribution in [-0.4, -0.2) is 52.4 Å². The second-order valence-corrected chi connectivity index (χ2v) is 8.59. The summed E-state index contributed by atoms with van der Waals surface area (Å²) in [7, 11) is 0. The van der Waals surface area contributed by atoms with E-state index in [-0.39, 0.29) is 17.9 Å². The van der Waals surface area contributed by atoms with Gasteiger partial charge in [0, 0.05) is 42.0 Å². The van der Waals surface area contributed by atoms with Crippen LogP contribution in [0.5, 0.6) is 5.75 Å². The predicted molar refractivity (Wildman–Crippen MR) is 124 cm³/mol. The Balaban J connectivity index is 1.24. The first kappa shape index (κ1) is 22.1. The van der Waals surface area contributed by atoms with Gasteiger partial charge in [-0.1, -0.05) is 0 Å². The fourth-order valence-electron chi connectivity index (χ4n) is 3.73. The Morgan fingerprint density at radius 2 is 2.09 bits per heavy atom. The van der Waals surface area contributed by atoms with Crippen LogP contribution in [0.1, 0.15) is 47.0 Å². The second-order valence-electron chi connectivity index (χ2n) is 7.73. The molecule has 1 aliphatic rings. The summed E-state index contributed by atoms with van der Waals surface area (Å²) < 4.78 is 5.79. The molecule has 3 heterocycles. The van der Waals surface area contributed by atoms with Crippen molar-refractivity contribution < 1.29 is 14.3 Å². The summed E-state index contributed by atoms with van der Waals surface area (Å²) in [6, 6.07) is 11.0. The number of hydrogen-bond acceptors (Lipinski definition) is 7. The van der Waals surface area contributed by atoms with E-state index in [9.17, 15) is 9.59 Å². The number of rotatable bonds is 9. The third kappa shape index (κ3) is 5.57. The maximum atomic E-state index is 12.7. The highest BCUT2D eigenvalue weighted by molar-refractivity contribution is 7.13. The van der Waals surface area contributed by atoms with Crippen LogP contribution in [0.4, 0.5) is 0 Å². The Labute approximate surface area is 191 Å². The molecule has 0 spiro atoms. The van der Waals surface area contributed by atoms with Gasteiger partial charge in [0.05, 0.1) is 12.8 Å². The van der Waals surface area contributed by atoms with Gasteiger partial charge in [-0.15, -0.1) is 11.3 Å². The number of aromatic nitrogens is 2. The van der Waals surface area contributed by atoms with Gasteiger partial charge in [-0.2, -0.15) is 0 Å². The lowest BCUT2D eigenvalue weighted by molar-refractivity contribution is 0.0878. The lowest BCUT2D eigenvalue weighted by Gasteiger charge is -2.25. The standard InChI is InChI=1S/C24H26N4O3S/c1-17(29)18-7-9-20(10-8-18)31-14-4-13-28-12-3-6-22(28)27-23(30)21-16-32-24(26-21)19-5-2-11-25-15-19/h2,5,7-11,15-16,22H,3-4,6,12-14H2,1H3,(H,27,30). The summed E-state index contributed by atoms with van der Waals surface area (Å²) in [5, 5.41) is 5.71. The van der Waals surface area contributed by atoms with Crippen LogP contribution in [0.2, 0.25) is 0 Å². The number of ketones is 1. The van der Waals surface area contributed by atoms with E-state index in [4.69, 9.17) is 4.74 Å². The third-order valence-electron chi connectivity index (χ3n) is 5.43. The van der Waals surface area contributed by atoms with Crippen LogP contribution in [0.25, 0.3) is 10.6 Å². The quantitative estimate of drug-likeness (QED) is 0.391. The van der Waals surface area contributed by atoms with Crippen molar-refractivity contribution in [2.75, 3.05) is 19.7 Å². The molecule has 1 aromatic carbocycles. The second kappa shape index (κ2) is 10.5. The molecule has 0 saturated carbocycles. The molecule has 1 N–H and O–H groups in total. The number of nitrogens with zero attached hydrogens (tertiary/aromatic N) is 3. The van der Waals surface area contributed by atoms with Crippen LogP contribution in [0.3, 0.4) is 0 Å². The molecule has 7 nitrogen and oxygen atoms in total. The van der Waals surface area contributed by atoms with Gasteiger partial charge in [-0.05, 0) is 62.6 Å². The highest BCUT2D eigenvalue weighted by Crippen LogP contribution is 2.23. The van der Waals surface area contributed by atoms with Crippen molar-refractivity contribution in [1.29, 1.82) is 0 Å². The van der Waals surface area contributed by atoms with Crippen LogP contribution in [0, 0.1) is 0 Å². The first-order valence-electron chi connectivity index (χ1n) is 10.7. The minimum Gasteiger partial charge on any atom is -0.494 e. The van der Waals surface area contributed by atoms with Gasteiger partial charge in [0.2, 0.25) is 0 Å². The maximum Gasteiger partial charge on any atom is 0.271 e. The molecule has 1 fully saturated rings. The van der Waals surface area contributed by atoms with Gasteiger partial charge in [-0.3, -0.25) is 19.5 Å². The van der Waals surface area contributed by atoms with E-state index in [1.54, 1.807) is 36.8 Å². The van der Waals surface area contributed by atoms with Gasteiger partial charge >= 0.3 is 0 Å². The molecule has 1 atom stereocenters. The number of carbonyl (C=O) groups excluding carboxylic acids is 2. The molecular formula is C24H26N4O3S. The number of carbonyl (C=O) groups is 2. The van der Waals surface area contributed by atoms with Crippen molar-refractivity contribution in [1.82, 2.24) is 20.2 Å². The summed E-state index contributed by atoms with van der Waals surface area (Å²) in [5.41, 5.74) is 2.04. The lowest BCUT2D eigenvalue weighted by Crippen LogP contribution is -2.45. The molecule has 8 heteroatoms. The van der Waals surface area contributed by atoms with Gasteiger partial charge < -0.3 is 10.1 Å². The Morgan fingerprint density at radius 3 is 2.84 bits per heavy atom. The molecule has 32 heavy (non-hydrogen) atoms. The van der Waals surface area contributed by atoms with Crippen LogP contribution >= 0.6 is 11.3 Å². The average Bonchev–Trinajstić information content (AvgIpc) is 3.48. The minimum atomic E-state index is -0.143. The van der Waals surface area contributed by atoms with Crippen LogP contribution in [-0.2, 0) is 0 Å². The number of thiazole rings is 1. The molecule has 0 radical (unpaired) electrons. The molecule has 0 bridgehead atoms. The molecule has 1 unspecified atom stereocenters. The molecular weight excluding hydrogens is 424 g/mol. The van der Waals surface area contributed by atoms with Crippen molar-refractivity contribution in [2.24, 2.45) is 0 Å². The Bertz CT molecular complexity index is 1050. The van der Waals surface area contributed by atoms with Crippen LogP contribution < -0.4 is 10.1 Å². The Kier molecular flexibility index (Phi) is 7.24. The smallest absolute Gasteiger partial charge is 0.271 e. The molecule has 3 aromatic rings. The van der Waals surface area contributed by atoms with Crippen molar-refractivity contribution in [2.45, 2.75) is 32.4 Å². The largest absolute Gasteiger partial charge is 0.494 e. The summed E-state index contributed by atoms with van der Waals surface area (Å²) in [4.78, 5) is 34.9.